The molecule has 1 heterocycles. The van der Waals surface area contributed by atoms with Crippen LogP contribution in [0.3, 0.4) is 0 Å². The molecule has 0 spiro atoms. The second-order valence-electron chi connectivity index (χ2n) is 5.40. The van der Waals surface area contributed by atoms with Crippen LogP contribution in [0.1, 0.15) is 22.8 Å². The van der Waals surface area contributed by atoms with Crippen molar-refractivity contribution >= 4 is 23.2 Å². The Bertz CT molecular complexity index is 865. The molecule has 126 valence electrons. The van der Waals surface area contributed by atoms with Crippen LogP contribution in [0.15, 0.2) is 54.7 Å². The third-order valence-corrected chi connectivity index (χ3v) is 3.49. The lowest BCUT2D eigenvalue weighted by Crippen LogP contribution is -2.05. The molecule has 0 unspecified atom stereocenters. The largest absolute Gasteiger partial charge is 0.365 e. The van der Waals surface area contributed by atoms with Crippen molar-refractivity contribution in [3.05, 3.63) is 71.7 Å². The van der Waals surface area contributed by atoms with Crippen LogP contribution in [-0.2, 0) is 6.54 Å². The van der Waals surface area contributed by atoms with Gasteiger partial charge in [0.15, 0.2) is 11.6 Å². The molecule has 0 atom stereocenters. The van der Waals surface area contributed by atoms with Crippen LogP contribution in [0.2, 0.25) is 0 Å². The van der Waals surface area contributed by atoms with Gasteiger partial charge in [-0.05, 0) is 48.9 Å². The Morgan fingerprint density at radius 3 is 2.48 bits per heavy atom. The molecule has 0 saturated carbocycles. The molecule has 0 saturated heterocycles. The van der Waals surface area contributed by atoms with Gasteiger partial charge in [-0.1, -0.05) is 12.1 Å². The molecule has 25 heavy (non-hydrogen) atoms. The maximum Gasteiger partial charge on any atom is 0.249 e. The Morgan fingerprint density at radius 1 is 1.08 bits per heavy atom. The van der Waals surface area contributed by atoms with Crippen LogP contribution in [-0.4, -0.2) is 21.0 Å². The second-order valence-corrected chi connectivity index (χ2v) is 5.40. The van der Waals surface area contributed by atoms with Gasteiger partial charge in [0, 0.05) is 17.8 Å². The monoisotopic (exact) mass is 337 g/mol. The highest BCUT2D eigenvalue weighted by molar-refractivity contribution is 5.94. The van der Waals surface area contributed by atoms with Crippen molar-refractivity contribution in [3.8, 4) is 0 Å². The Kier molecular flexibility index (Phi) is 4.94. The number of aromatic nitrogens is 3. The molecule has 6 nitrogen and oxygen atoms in total. The minimum Gasteiger partial charge on any atom is -0.365 e. The lowest BCUT2D eigenvalue weighted by molar-refractivity contribution is 0.101. The minimum absolute atomic E-state index is 0.0106. The summed E-state index contributed by atoms with van der Waals surface area (Å²) in [6.07, 6.45) is 1.51. The van der Waals surface area contributed by atoms with Crippen molar-refractivity contribution in [3.63, 3.8) is 0 Å². The first-order chi connectivity index (χ1) is 12.1. The summed E-state index contributed by atoms with van der Waals surface area (Å²) in [6.45, 7) is 2.01. The number of anilines is 3. The van der Waals surface area contributed by atoms with Gasteiger partial charge in [0.2, 0.25) is 5.95 Å². The standard InChI is InChI=1S/C18H16FN5O/c1-12(25)14-4-8-16(9-5-14)22-18-23-17(11-21-24-18)20-10-13-2-6-15(19)7-3-13/h2-9,11H,10H2,1H3,(H2,20,22,23,24). The molecule has 0 amide bonds. The number of ketones is 1. The Balaban J connectivity index is 1.64. The number of carbonyl (C=O) groups is 1. The fraction of sp³-hybridized carbons (Fsp3) is 0.111. The van der Waals surface area contributed by atoms with E-state index in [1.165, 1.54) is 25.3 Å². The minimum atomic E-state index is -0.269. The van der Waals surface area contributed by atoms with Crippen molar-refractivity contribution in [2.45, 2.75) is 13.5 Å². The van der Waals surface area contributed by atoms with Crippen molar-refractivity contribution in [2.75, 3.05) is 10.6 Å². The smallest absolute Gasteiger partial charge is 0.249 e. The Labute approximate surface area is 144 Å². The average molecular weight is 337 g/mol. The van der Waals surface area contributed by atoms with E-state index in [4.69, 9.17) is 0 Å². The summed E-state index contributed by atoms with van der Waals surface area (Å²) in [5, 5.41) is 14.0. The highest BCUT2D eigenvalue weighted by atomic mass is 19.1. The molecule has 1 aromatic heterocycles. The van der Waals surface area contributed by atoms with E-state index >= 15 is 0 Å². The van der Waals surface area contributed by atoms with Crippen molar-refractivity contribution in [1.29, 1.82) is 0 Å². The normalized spacial score (nSPS) is 10.3. The maximum absolute atomic E-state index is 12.9. The van der Waals surface area contributed by atoms with E-state index in [2.05, 4.69) is 25.8 Å². The second kappa shape index (κ2) is 7.48. The lowest BCUT2D eigenvalue weighted by Gasteiger charge is -2.08. The number of nitrogens with one attached hydrogen (secondary N) is 2. The number of hydrogen-bond acceptors (Lipinski definition) is 6. The molecule has 2 aromatic carbocycles. The van der Waals surface area contributed by atoms with Gasteiger partial charge in [0.05, 0.1) is 6.20 Å². The van der Waals surface area contributed by atoms with Crippen LogP contribution in [0, 0.1) is 5.82 Å². The molecule has 7 heteroatoms. The number of carbonyl (C=O) groups excluding carboxylic acids is 1. The first kappa shape index (κ1) is 16.5. The van der Waals surface area contributed by atoms with Crippen LogP contribution in [0.25, 0.3) is 0 Å². The molecule has 2 N–H and O–H groups in total. The summed E-state index contributed by atoms with van der Waals surface area (Å²) >= 11 is 0. The molecule has 0 aliphatic carbocycles. The predicted octanol–water partition coefficient (Wildman–Crippen LogP) is 3.57. The fourth-order valence-corrected chi connectivity index (χ4v) is 2.15. The summed E-state index contributed by atoms with van der Waals surface area (Å²) in [5.41, 5.74) is 2.32. The van der Waals surface area contributed by atoms with Gasteiger partial charge in [-0.2, -0.15) is 10.1 Å². The van der Waals surface area contributed by atoms with Gasteiger partial charge in [-0.25, -0.2) is 4.39 Å². The maximum atomic E-state index is 12.9. The number of halogens is 1. The molecular formula is C18H16FN5O. The van der Waals surface area contributed by atoms with Gasteiger partial charge in [0.25, 0.3) is 0 Å². The van der Waals surface area contributed by atoms with E-state index < -0.39 is 0 Å². The molecule has 0 aliphatic heterocycles. The zero-order chi connectivity index (χ0) is 17.6. The van der Waals surface area contributed by atoms with Crippen LogP contribution < -0.4 is 10.6 Å². The SMILES string of the molecule is CC(=O)c1ccc(Nc2nncc(NCc3ccc(F)cc3)n2)cc1. The topological polar surface area (TPSA) is 79.8 Å². The Hall–Kier alpha value is -3.35. The van der Waals surface area contributed by atoms with Gasteiger partial charge < -0.3 is 10.6 Å². The highest BCUT2D eigenvalue weighted by Gasteiger charge is 2.03. The van der Waals surface area contributed by atoms with E-state index in [1.54, 1.807) is 36.4 Å². The van der Waals surface area contributed by atoms with Gasteiger partial charge in [-0.3, -0.25) is 4.79 Å². The van der Waals surface area contributed by atoms with Crippen molar-refractivity contribution in [2.24, 2.45) is 0 Å². The van der Waals surface area contributed by atoms with Gasteiger partial charge >= 0.3 is 0 Å². The molecule has 3 rings (SSSR count). The summed E-state index contributed by atoms with van der Waals surface area (Å²) < 4.78 is 12.9. The van der Waals surface area contributed by atoms with E-state index in [0.717, 1.165) is 11.3 Å². The van der Waals surface area contributed by atoms with Crippen molar-refractivity contribution < 1.29 is 9.18 Å². The lowest BCUT2D eigenvalue weighted by atomic mass is 10.1. The van der Waals surface area contributed by atoms with E-state index in [1.807, 2.05) is 0 Å². The summed E-state index contributed by atoms with van der Waals surface area (Å²) in [4.78, 5) is 15.6. The van der Waals surface area contributed by atoms with E-state index in [0.29, 0.717) is 23.9 Å². The fourth-order valence-electron chi connectivity index (χ4n) is 2.15. The van der Waals surface area contributed by atoms with Crippen LogP contribution in [0.5, 0.6) is 0 Å². The number of nitrogens with zero attached hydrogens (tertiary/aromatic N) is 3. The summed E-state index contributed by atoms with van der Waals surface area (Å²) in [5.74, 6) is 0.619. The number of hydrogen-bond donors (Lipinski definition) is 2. The molecule has 0 fully saturated rings. The Morgan fingerprint density at radius 2 is 1.80 bits per heavy atom. The first-order valence-corrected chi connectivity index (χ1v) is 7.66. The molecule has 0 radical (unpaired) electrons. The molecular weight excluding hydrogens is 321 g/mol. The predicted molar refractivity (Wildman–Crippen MR) is 93.3 cm³/mol. The highest BCUT2D eigenvalue weighted by Crippen LogP contribution is 2.15. The number of rotatable bonds is 6. The van der Waals surface area contributed by atoms with E-state index in [9.17, 15) is 9.18 Å². The molecule has 0 bridgehead atoms. The summed E-state index contributed by atoms with van der Waals surface area (Å²) in [7, 11) is 0. The third kappa shape index (κ3) is 4.57. The van der Waals surface area contributed by atoms with Gasteiger partial charge in [0.1, 0.15) is 5.82 Å². The van der Waals surface area contributed by atoms with Crippen LogP contribution in [0.4, 0.5) is 21.8 Å². The molecule has 0 aliphatic rings. The average Bonchev–Trinajstić information content (AvgIpc) is 2.62. The zero-order valence-electron chi connectivity index (χ0n) is 13.5. The van der Waals surface area contributed by atoms with Gasteiger partial charge in [-0.15, -0.1) is 5.10 Å². The number of Topliss-reactive ketones (excluding diaryl/α,β-unsaturated/α-hetero) is 1. The zero-order valence-corrected chi connectivity index (χ0v) is 13.5. The number of benzene rings is 2. The third-order valence-electron chi connectivity index (χ3n) is 3.49. The van der Waals surface area contributed by atoms with Crippen LogP contribution >= 0.6 is 0 Å². The van der Waals surface area contributed by atoms with E-state index in [-0.39, 0.29) is 11.6 Å². The van der Waals surface area contributed by atoms with Crippen molar-refractivity contribution in [1.82, 2.24) is 15.2 Å². The quantitative estimate of drug-likeness (QED) is 0.670. The first-order valence-electron chi connectivity index (χ1n) is 7.66. The summed E-state index contributed by atoms with van der Waals surface area (Å²) in [6, 6.07) is 13.2. The molecule has 3 aromatic rings.